The number of rotatable bonds is 3. The highest BCUT2D eigenvalue weighted by atomic mass is 35.5. The number of hydrogen-bond donors (Lipinski definition) is 2. The van der Waals surface area contributed by atoms with Gasteiger partial charge in [0.15, 0.2) is 0 Å². The molecule has 0 aliphatic heterocycles. The van der Waals surface area contributed by atoms with Gasteiger partial charge in [-0.2, -0.15) is 0 Å². The number of carboxylic acids is 1. The summed E-state index contributed by atoms with van der Waals surface area (Å²) in [6.45, 7) is 0.545. The highest BCUT2D eigenvalue weighted by Gasteiger charge is 2.37. The van der Waals surface area contributed by atoms with E-state index in [1.165, 1.54) is 19.1 Å². The first-order valence-corrected chi connectivity index (χ1v) is 4.59. The summed E-state index contributed by atoms with van der Waals surface area (Å²) in [4.78, 5) is 10.9. The maximum atomic E-state index is 13.4. The van der Waals surface area contributed by atoms with Gasteiger partial charge in [-0.05, 0) is 25.1 Å². The molecule has 1 atom stereocenters. The summed E-state index contributed by atoms with van der Waals surface area (Å²) in [6.07, 6.45) is 0. The summed E-state index contributed by atoms with van der Waals surface area (Å²) < 4.78 is 13.4. The summed E-state index contributed by atoms with van der Waals surface area (Å²) in [7, 11) is 0. The third kappa shape index (κ3) is 2.11. The number of halogens is 2. The summed E-state index contributed by atoms with van der Waals surface area (Å²) in [5, 5.41) is 18.2. The molecule has 1 aromatic carbocycles. The van der Waals surface area contributed by atoms with Gasteiger partial charge in [0.2, 0.25) is 0 Å². The predicted octanol–water partition coefficient (Wildman–Crippen LogP) is 1.81. The Morgan fingerprint density at radius 2 is 2.20 bits per heavy atom. The molecule has 0 heterocycles. The fourth-order valence-electron chi connectivity index (χ4n) is 1.19. The average Bonchev–Trinajstić information content (AvgIpc) is 2.20. The lowest BCUT2D eigenvalue weighted by molar-refractivity contribution is -0.144. The van der Waals surface area contributed by atoms with Crippen molar-refractivity contribution in [2.75, 3.05) is 6.61 Å². The summed E-state index contributed by atoms with van der Waals surface area (Å²) >= 11 is 5.64. The van der Waals surface area contributed by atoms with Crippen molar-refractivity contribution in [2.24, 2.45) is 0 Å². The quantitative estimate of drug-likeness (QED) is 0.836. The molecular formula is C10H10ClFO3. The number of hydrogen-bond acceptors (Lipinski definition) is 2. The smallest absolute Gasteiger partial charge is 0.316 e. The minimum Gasteiger partial charge on any atom is -0.481 e. The summed E-state index contributed by atoms with van der Waals surface area (Å²) in [6, 6.07) is 3.61. The average molecular weight is 233 g/mol. The van der Waals surface area contributed by atoms with E-state index in [9.17, 15) is 9.18 Å². The van der Waals surface area contributed by atoms with Gasteiger partial charge in [-0.3, -0.25) is 4.79 Å². The van der Waals surface area contributed by atoms with Gasteiger partial charge in [0.25, 0.3) is 0 Å². The van der Waals surface area contributed by atoms with Crippen LogP contribution in [0.4, 0.5) is 4.39 Å². The van der Waals surface area contributed by atoms with Crippen LogP contribution in [-0.4, -0.2) is 22.8 Å². The summed E-state index contributed by atoms with van der Waals surface area (Å²) in [5.41, 5.74) is -1.79. The lowest BCUT2D eigenvalue weighted by Crippen LogP contribution is -2.37. The minimum absolute atomic E-state index is 0.120. The zero-order chi connectivity index (χ0) is 11.6. The standard InChI is InChI=1S/C10H10ClFO3/c1-10(5-13,9(14)15)7-4-6(11)2-3-8(7)12/h2-4,13H,5H2,1H3,(H,14,15). The highest BCUT2D eigenvalue weighted by molar-refractivity contribution is 6.30. The van der Waals surface area contributed by atoms with Crippen molar-refractivity contribution in [3.63, 3.8) is 0 Å². The molecule has 82 valence electrons. The molecule has 2 N–H and O–H groups in total. The fraction of sp³-hybridized carbons (Fsp3) is 0.300. The Bertz CT molecular complexity index is 394. The summed E-state index contributed by atoms with van der Waals surface area (Å²) in [5.74, 6) is -2.00. The Kier molecular flexibility index (Phi) is 3.31. The molecule has 0 spiro atoms. The van der Waals surface area contributed by atoms with Crippen LogP contribution in [0.1, 0.15) is 12.5 Å². The van der Waals surface area contributed by atoms with Gasteiger partial charge < -0.3 is 10.2 Å². The Morgan fingerprint density at radius 1 is 1.60 bits per heavy atom. The van der Waals surface area contributed by atoms with E-state index in [-0.39, 0.29) is 10.6 Å². The Morgan fingerprint density at radius 3 is 2.67 bits per heavy atom. The van der Waals surface area contributed by atoms with E-state index in [2.05, 4.69) is 0 Å². The number of aliphatic hydroxyl groups is 1. The van der Waals surface area contributed by atoms with Gasteiger partial charge in [-0.1, -0.05) is 11.6 Å². The maximum Gasteiger partial charge on any atom is 0.316 e. The number of benzene rings is 1. The van der Waals surface area contributed by atoms with E-state index >= 15 is 0 Å². The number of carbonyl (C=O) groups is 1. The monoisotopic (exact) mass is 232 g/mol. The largest absolute Gasteiger partial charge is 0.481 e. The van der Waals surface area contributed by atoms with Crippen LogP contribution < -0.4 is 0 Å². The molecule has 0 fully saturated rings. The molecule has 1 rings (SSSR count). The molecule has 1 unspecified atom stereocenters. The molecule has 0 aliphatic rings. The van der Waals surface area contributed by atoms with E-state index in [4.69, 9.17) is 21.8 Å². The first-order valence-electron chi connectivity index (χ1n) is 4.21. The van der Waals surface area contributed by atoms with Crippen molar-refractivity contribution in [3.8, 4) is 0 Å². The van der Waals surface area contributed by atoms with Gasteiger partial charge in [0.05, 0.1) is 6.61 Å². The van der Waals surface area contributed by atoms with Crippen molar-refractivity contribution in [3.05, 3.63) is 34.6 Å². The van der Waals surface area contributed by atoms with Gasteiger partial charge in [0.1, 0.15) is 11.2 Å². The normalized spacial score (nSPS) is 14.7. The molecular weight excluding hydrogens is 223 g/mol. The molecule has 0 saturated heterocycles. The third-order valence-electron chi connectivity index (χ3n) is 2.31. The highest BCUT2D eigenvalue weighted by Crippen LogP contribution is 2.28. The van der Waals surface area contributed by atoms with Crippen LogP contribution in [0, 0.1) is 5.82 Å². The second-order valence-corrected chi connectivity index (χ2v) is 3.86. The zero-order valence-electron chi connectivity index (χ0n) is 8.00. The first-order chi connectivity index (χ1) is 6.91. The van der Waals surface area contributed by atoms with Gasteiger partial charge in [-0.25, -0.2) is 4.39 Å². The molecule has 0 aromatic heterocycles. The first kappa shape index (κ1) is 11.9. The van der Waals surface area contributed by atoms with Gasteiger partial charge in [-0.15, -0.1) is 0 Å². The van der Waals surface area contributed by atoms with Gasteiger partial charge >= 0.3 is 5.97 Å². The molecule has 0 saturated carbocycles. The van der Waals surface area contributed by atoms with Crippen LogP contribution in [0.15, 0.2) is 18.2 Å². The second-order valence-electron chi connectivity index (χ2n) is 3.42. The van der Waals surface area contributed by atoms with E-state index in [1.807, 2.05) is 0 Å². The van der Waals surface area contributed by atoms with Crippen LogP contribution in [0.25, 0.3) is 0 Å². The van der Waals surface area contributed by atoms with Crippen LogP contribution in [-0.2, 0) is 10.2 Å². The van der Waals surface area contributed by atoms with Crippen molar-refractivity contribution in [1.82, 2.24) is 0 Å². The fourth-order valence-corrected chi connectivity index (χ4v) is 1.36. The van der Waals surface area contributed by atoms with Crippen molar-refractivity contribution >= 4 is 17.6 Å². The Balaban J connectivity index is 3.35. The second kappa shape index (κ2) is 4.16. The molecule has 0 amide bonds. The molecule has 5 heteroatoms. The lowest BCUT2D eigenvalue weighted by atomic mass is 9.83. The third-order valence-corrected chi connectivity index (χ3v) is 2.55. The van der Waals surface area contributed by atoms with E-state index in [0.29, 0.717) is 0 Å². The number of aliphatic carboxylic acids is 1. The van der Waals surface area contributed by atoms with Crippen LogP contribution in [0.2, 0.25) is 5.02 Å². The Hall–Kier alpha value is -1.13. The molecule has 0 aliphatic carbocycles. The lowest BCUT2D eigenvalue weighted by Gasteiger charge is -2.23. The van der Waals surface area contributed by atoms with E-state index in [0.717, 1.165) is 6.07 Å². The topological polar surface area (TPSA) is 57.5 Å². The van der Waals surface area contributed by atoms with E-state index in [1.54, 1.807) is 0 Å². The molecule has 15 heavy (non-hydrogen) atoms. The zero-order valence-corrected chi connectivity index (χ0v) is 8.75. The van der Waals surface area contributed by atoms with Crippen molar-refractivity contribution in [2.45, 2.75) is 12.3 Å². The Labute approximate surface area is 91.1 Å². The van der Waals surface area contributed by atoms with Crippen molar-refractivity contribution < 1.29 is 19.4 Å². The van der Waals surface area contributed by atoms with Crippen molar-refractivity contribution in [1.29, 1.82) is 0 Å². The van der Waals surface area contributed by atoms with Crippen LogP contribution in [0.5, 0.6) is 0 Å². The number of carboxylic acid groups (broad SMARTS) is 1. The molecule has 0 radical (unpaired) electrons. The maximum absolute atomic E-state index is 13.4. The van der Waals surface area contributed by atoms with Crippen LogP contribution >= 0.6 is 11.6 Å². The number of aliphatic hydroxyl groups excluding tert-OH is 1. The van der Waals surface area contributed by atoms with Crippen LogP contribution in [0.3, 0.4) is 0 Å². The predicted molar refractivity (Wildman–Crippen MR) is 53.5 cm³/mol. The molecule has 1 aromatic rings. The SMILES string of the molecule is CC(CO)(C(=O)O)c1cc(Cl)ccc1F. The molecule has 3 nitrogen and oxygen atoms in total. The van der Waals surface area contributed by atoms with Gasteiger partial charge in [0, 0.05) is 10.6 Å². The van der Waals surface area contributed by atoms with E-state index < -0.39 is 23.8 Å². The minimum atomic E-state index is -1.67. The molecule has 0 bridgehead atoms.